The van der Waals surface area contributed by atoms with Crippen molar-refractivity contribution in [3.63, 3.8) is 0 Å². The van der Waals surface area contributed by atoms with Gasteiger partial charge in [0.25, 0.3) is 0 Å². The third-order valence-electron chi connectivity index (χ3n) is 4.78. The lowest BCUT2D eigenvalue weighted by molar-refractivity contribution is 0.367. The fourth-order valence-corrected chi connectivity index (χ4v) is 3.15. The zero-order valence-corrected chi connectivity index (χ0v) is 13.9. The van der Waals surface area contributed by atoms with Crippen LogP contribution in [0.1, 0.15) is 26.7 Å². The highest BCUT2D eigenvalue weighted by atomic mass is 15.3. The minimum atomic E-state index is 0.505. The molecule has 1 aromatic heterocycles. The molecule has 1 aliphatic heterocycles. The van der Waals surface area contributed by atoms with E-state index >= 15 is 0 Å². The van der Waals surface area contributed by atoms with Crippen LogP contribution < -0.4 is 15.5 Å². The van der Waals surface area contributed by atoms with Gasteiger partial charge in [0.2, 0.25) is 0 Å². The van der Waals surface area contributed by atoms with Crippen molar-refractivity contribution in [3.8, 4) is 0 Å². The summed E-state index contributed by atoms with van der Waals surface area (Å²) < 4.78 is 0. The molecule has 5 nitrogen and oxygen atoms in total. The van der Waals surface area contributed by atoms with Crippen LogP contribution >= 0.6 is 0 Å². The van der Waals surface area contributed by atoms with Gasteiger partial charge in [0.15, 0.2) is 11.6 Å². The average molecular weight is 311 g/mol. The van der Waals surface area contributed by atoms with Crippen molar-refractivity contribution >= 4 is 22.7 Å². The molecule has 0 bridgehead atoms. The fraction of sp³-hybridized carbons (Fsp3) is 0.556. The van der Waals surface area contributed by atoms with E-state index in [1.54, 1.807) is 0 Å². The van der Waals surface area contributed by atoms with Crippen LogP contribution in [0.4, 0.5) is 11.6 Å². The van der Waals surface area contributed by atoms with Crippen LogP contribution in [0.2, 0.25) is 0 Å². The van der Waals surface area contributed by atoms with Crippen LogP contribution in [-0.4, -0.2) is 41.7 Å². The van der Waals surface area contributed by atoms with Crippen molar-refractivity contribution in [2.45, 2.75) is 38.8 Å². The Hall–Kier alpha value is -1.88. The number of hydrogen-bond donors (Lipinski definition) is 2. The SMILES string of the molecule is CC(C)C1CN(c2nc3ccccc3nc2NC2CC2)CCN1. The van der Waals surface area contributed by atoms with Crippen molar-refractivity contribution in [3.05, 3.63) is 24.3 Å². The van der Waals surface area contributed by atoms with E-state index in [1.807, 2.05) is 18.2 Å². The first-order valence-electron chi connectivity index (χ1n) is 8.72. The van der Waals surface area contributed by atoms with Crippen molar-refractivity contribution in [2.24, 2.45) is 5.92 Å². The Morgan fingerprint density at radius 1 is 1.17 bits per heavy atom. The number of rotatable bonds is 4. The minimum Gasteiger partial charge on any atom is -0.364 e. The highest BCUT2D eigenvalue weighted by Crippen LogP contribution is 2.31. The summed E-state index contributed by atoms with van der Waals surface area (Å²) in [6.45, 7) is 7.52. The molecule has 1 saturated heterocycles. The molecule has 2 N–H and O–H groups in total. The summed E-state index contributed by atoms with van der Waals surface area (Å²) in [6, 6.07) is 9.23. The second-order valence-corrected chi connectivity index (χ2v) is 7.05. The molecule has 1 saturated carbocycles. The van der Waals surface area contributed by atoms with E-state index in [9.17, 15) is 0 Å². The van der Waals surface area contributed by atoms with E-state index in [0.29, 0.717) is 18.0 Å². The smallest absolute Gasteiger partial charge is 0.172 e. The number of benzene rings is 1. The molecule has 1 aliphatic carbocycles. The summed E-state index contributed by atoms with van der Waals surface area (Å²) in [6.07, 6.45) is 2.48. The van der Waals surface area contributed by atoms with Gasteiger partial charge in [-0.05, 0) is 30.9 Å². The van der Waals surface area contributed by atoms with Gasteiger partial charge in [-0.15, -0.1) is 0 Å². The van der Waals surface area contributed by atoms with Crippen molar-refractivity contribution in [1.82, 2.24) is 15.3 Å². The average Bonchev–Trinajstić information content (AvgIpc) is 3.38. The number of aromatic nitrogens is 2. The Morgan fingerprint density at radius 3 is 2.61 bits per heavy atom. The summed E-state index contributed by atoms with van der Waals surface area (Å²) in [7, 11) is 0. The Kier molecular flexibility index (Phi) is 3.81. The fourth-order valence-electron chi connectivity index (χ4n) is 3.15. The molecule has 0 amide bonds. The van der Waals surface area contributed by atoms with Gasteiger partial charge in [-0.3, -0.25) is 0 Å². The quantitative estimate of drug-likeness (QED) is 0.909. The first-order valence-corrected chi connectivity index (χ1v) is 8.72. The van der Waals surface area contributed by atoms with E-state index in [1.165, 1.54) is 12.8 Å². The Morgan fingerprint density at radius 2 is 1.91 bits per heavy atom. The number of piperazine rings is 1. The van der Waals surface area contributed by atoms with Crippen molar-refractivity contribution in [2.75, 3.05) is 29.9 Å². The Balaban J connectivity index is 1.71. The van der Waals surface area contributed by atoms with Gasteiger partial charge in [0, 0.05) is 31.7 Å². The van der Waals surface area contributed by atoms with E-state index in [-0.39, 0.29) is 0 Å². The lowest BCUT2D eigenvalue weighted by atomic mass is 10.0. The molecule has 0 spiro atoms. The first-order chi connectivity index (χ1) is 11.2. The second-order valence-electron chi connectivity index (χ2n) is 7.05. The topological polar surface area (TPSA) is 53.1 Å². The highest BCUT2D eigenvalue weighted by molar-refractivity contribution is 5.80. The Labute approximate surface area is 137 Å². The van der Waals surface area contributed by atoms with Crippen molar-refractivity contribution < 1.29 is 0 Å². The molecule has 2 aromatic rings. The number of anilines is 2. The predicted octanol–water partition coefficient (Wildman–Crippen LogP) is 2.64. The summed E-state index contributed by atoms with van der Waals surface area (Å²) >= 11 is 0. The second kappa shape index (κ2) is 5.96. The zero-order valence-electron chi connectivity index (χ0n) is 13.9. The molecule has 23 heavy (non-hydrogen) atoms. The number of fused-ring (bicyclic) bond motifs is 1. The normalized spacial score (nSPS) is 21.9. The van der Waals surface area contributed by atoms with Crippen LogP contribution in [0.15, 0.2) is 24.3 Å². The molecule has 1 unspecified atom stereocenters. The molecule has 2 aliphatic rings. The molecule has 0 radical (unpaired) electrons. The summed E-state index contributed by atoms with van der Waals surface area (Å²) in [5, 5.41) is 7.20. The lowest BCUT2D eigenvalue weighted by Gasteiger charge is -2.37. The maximum Gasteiger partial charge on any atom is 0.172 e. The van der Waals surface area contributed by atoms with Crippen molar-refractivity contribution in [1.29, 1.82) is 0 Å². The molecule has 122 valence electrons. The number of hydrogen-bond acceptors (Lipinski definition) is 5. The van der Waals surface area contributed by atoms with Gasteiger partial charge in [-0.2, -0.15) is 0 Å². The predicted molar refractivity (Wildman–Crippen MR) is 95.0 cm³/mol. The third kappa shape index (κ3) is 3.11. The van der Waals surface area contributed by atoms with Gasteiger partial charge in [-0.1, -0.05) is 26.0 Å². The van der Waals surface area contributed by atoms with Gasteiger partial charge in [0.05, 0.1) is 11.0 Å². The van der Waals surface area contributed by atoms with E-state index in [0.717, 1.165) is 42.3 Å². The van der Waals surface area contributed by atoms with E-state index in [4.69, 9.17) is 9.97 Å². The molecule has 1 aromatic carbocycles. The molecule has 2 heterocycles. The van der Waals surface area contributed by atoms with E-state index < -0.39 is 0 Å². The van der Waals surface area contributed by atoms with Gasteiger partial charge < -0.3 is 15.5 Å². The van der Waals surface area contributed by atoms with Crippen LogP contribution in [0.25, 0.3) is 11.0 Å². The monoisotopic (exact) mass is 311 g/mol. The number of nitrogens with one attached hydrogen (secondary N) is 2. The largest absolute Gasteiger partial charge is 0.364 e. The molecular formula is C18H25N5. The number of nitrogens with zero attached hydrogens (tertiary/aromatic N) is 3. The minimum absolute atomic E-state index is 0.505. The zero-order chi connectivity index (χ0) is 15.8. The maximum absolute atomic E-state index is 4.95. The molecular weight excluding hydrogens is 286 g/mol. The van der Waals surface area contributed by atoms with Crippen LogP contribution in [-0.2, 0) is 0 Å². The molecule has 4 rings (SSSR count). The molecule has 1 atom stereocenters. The summed E-state index contributed by atoms with van der Waals surface area (Å²) in [5.41, 5.74) is 1.94. The first kappa shape index (κ1) is 14.7. The van der Waals surface area contributed by atoms with Gasteiger partial charge in [0.1, 0.15) is 0 Å². The number of para-hydroxylation sites is 2. The molecule has 5 heteroatoms. The van der Waals surface area contributed by atoms with Gasteiger partial charge in [-0.25, -0.2) is 9.97 Å². The Bertz CT molecular complexity index is 695. The van der Waals surface area contributed by atoms with Gasteiger partial charge >= 0.3 is 0 Å². The van der Waals surface area contributed by atoms with Crippen LogP contribution in [0.5, 0.6) is 0 Å². The lowest BCUT2D eigenvalue weighted by Crippen LogP contribution is -2.53. The highest BCUT2D eigenvalue weighted by Gasteiger charge is 2.28. The molecule has 2 fully saturated rings. The third-order valence-corrected chi connectivity index (χ3v) is 4.78. The van der Waals surface area contributed by atoms with Crippen LogP contribution in [0.3, 0.4) is 0 Å². The van der Waals surface area contributed by atoms with Crippen LogP contribution in [0, 0.1) is 5.92 Å². The maximum atomic E-state index is 4.95. The van der Waals surface area contributed by atoms with E-state index in [2.05, 4.69) is 35.4 Å². The standard InChI is InChI=1S/C18H25N5/c1-12(2)16-11-23(10-9-19-16)18-17(20-13-7-8-13)21-14-5-3-4-6-15(14)22-18/h3-6,12-13,16,19H,7-11H2,1-2H3,(H,20,21). The summed E-state index contributed by atoms with van der Waals surface area (Å²) in [5.74, 6) is 2.59. The summed E-state index contributed by atoms with van der Waals surface area (Å²) in [4.78, 5) is 12.2.